The quantitative estimate of drug-likeness (QED) is 0.545. The molecule has 7 nitrogen and oxygen atoms in total. The lowest BCUT2D eigenvalue weighted by atomic mass is 10.1. The maximum absolute atomic E-state index is 12.4. The number of anilines is 1. The zero-order valence-corrected chi connectivity index (χ0v) is 16.5. The Morgan fingerprint density at radius 1 is 1.10 bits per heavy atom. The van der Waals surface area contributed by atoms with Gasteiger partial charge >= 0.3 is 5.97 Å². The Bertz CT molecular complexity index is 1090. The van der Waals surface area contributed by atoms with Crippen LogP contribution in [0.2, 0.25) is 0 Å². The molecule has 29 heavy (non-hydrogen) atoms. The fraction of sp³-hybridized carbons (Fsp3) is 0.0952. The Morgan fingerprint density at radius 3 is 2.52 bits per heavy atom. The highest BCUT2D eigenvalue weighted by atomic mass is 32.1. The van der Waals surface area contributed by atoms with Crippen molar-refractivity contribution in [3.05, 3.63) is 71.5 Å². The number of rotatable bonds is 5. The molecule has 3 rings (SSSR count). The van der Waals surface area contributed by atoms with E-state index in [1.807, 2.05) is 19.1 Å². The van der Waals surface area contributed by atoms with Crippen LogP contribution in [0.5, 0.6) is 5.75 Å². The molecular formula is C21H18N2O5S. The third-order valence-corrected chi connectivity index (χ3v) is 4.36. The number of hydrogen-bond acceptors (Lipinski definition) is 5. The maximum Gasteiger partial charge on any atom is 0.371 e. The lowest BCUT2D eigenvalue weighted by Crippen LogP contribution is -2.34. The van der Waals surface area contributed by atoms with Crippen molar-refractivity contribution in [1.82, 2.24) is 5.32 Å². The molecule has 0 saturated carbocycles. The fourth-order valence-corrected chi connectivity index (χ4v) is 2.95. The van der Waals surface area contributed by atoms with E-state index >= 15 is 0 Å². The molecule has 0 unspecified atom stereocenters. The number of hydrogen-bond donors (Lipinski definition) is 3. The molecule has 0 aliphatic heterocycles. The number of carboxylic acid groups (broad SMARTS) is 1. The lowest BCUT2D eigenvalue weighted by molar-refractivity contribution is 0.0663. The van der Waals surface area contributed by atoms with Gasteiger partial charge in [-0.1, -0.05) is 18.2 Å². The number of carbonyl (C=O) groups excluding carboxylic acids is 1. The number of furan rings is 1. The summed E-state index contributed by atoms with van der Waals surface area (Å²) in [5.74, 6) is -0.827. The maximum atomic E-state index is 12.4. The van der Waals surface area contributed by atoms with Crippen LogP contribution in [0.15, 0.2) is 59.0 Å². The van der Waals surface area contributed by atoms with Crippen LogP contribution in [0.25, 0.3) is 11.3 Å². The van der Waals surface area contributed by atoms with Crippen molar-refractivity contribution < 1.29 is 23.8 Å². The number of methoxy groups -OCH3 is 1. The molecule has 1 amide bonds. The highest BCUT2D eigenvalue weighted by molar-refractivity contribution is 7.80. The third kappa shape index (κ3) is 4.61. The summed E-state index contributed by atoms with van der Waals surface area (Å²) in [4.78, 5) is 23.5. The Balaban J connectivity index is 1.78. The van der Waals surface area contributed by atoms with Gasteiger partial charge in [-0.3, -0.25) is 10.1 Å². The van der Waals surface area contributed by atoms with Crippen molar-refractivity contribution in [3.63, 3.8) is 0 Å². The highest BCUT2D eigenvalue weighted by Gasteiger charge is 2.16. The molecule has 0 atom stereocenters. The summed E-state index contributed by atoms with van der Waals surface area (Å²) in [6.45, 7) is 1.84. The van der Waals surface area contributed by atoms with E-state index in [1.54, 1.807) is 36.4 Å². The van der Waals surface area contributed by atoms with E-state index in [-0.39, 0.29) is 16.8 Å². The van der Waals surface area contributed by atoms with Gasteiger partial charge in [-0.15, -0.1) is 0 Å². The van der Waals surface area contributed by atoms with Crippen LogP contribution in [0.1, 0.15) is 26.5 Å². The van der Waals surface area contributed by atoms with E-state index in [2.05, 4.69) is 10.6 Å². The number of nitrogens with one attached hydrogen (secondary N) is 2. The molecule has 2 aromatic carbocycles. The molecule has 0 saturated heterocycles. The monoisotopic (exact) mass is 410 g/mol. The molecule has 1 aromatic heterocycles. The molecule has 0 aliphatic carbocycles. The first kappa shape index (κ1) is 20.1. The highest BCUT2D eigenvalue weighted by Crippen LogP contribution is 2.33. The molecule has 0 bridgehead atoms. The normalized spacial score (nSPS) is 10.3. The van der Waals surface area contributed by atoms with Crippen molar-refractivity contribution in [3.8, 4) is 17.1 Å². The average Bonchev–Trinajstić information content (AvgIpc) is 3.18. The largest absolute Gasteiger partial charge is 0.496 e. The molecule has 1 heterocycles. The Kier molecular flexibility index (Phi) is 5.94. The van der Waals surface area contributed by atoms with E-state index in [4.69, 9.17) is 26.5 Å². The van der Waals surface area contributed by atoms with Crippen molar-refractivity contribution in [2.75, 3.05) is 12.4 Å². The van der Waals surface area contributed by atoms with E-state index < -0.39 is 5.97 Å². The number of ether oxygens (including phenoxy) is 1. The number of benzene rings is 2. The van der Waals surface area contributed by atoms with Gasteiger partial charge in [0.15, 0.2) is 5.11 Å². The summed E-state index contributed by atoms with van der Waals surface area (Å²) in [5.41, 5.74) is 2.48. The summed E-state index contributed by atoms with van der Waals surface area (Å²) in [5, 5.41) is 14.8. The molecule has 148 valence electrons. The zero-order valence-electron chi connectivity index (χ0n) is 15.7. The number of aryl methyl sites for hydroxylation is 1. The zero-order chi connectivity index (χ0) is 21.0. The van der Waals surface area contributed by atoms with Gasteiger partial charge in [-0.05, 0) is 61.1 Å². The number of thiocarbonyl (C=S) groups is 1. The Morgan fingerprint density at radius 2 is 1.86 bits per heavy atom. The van der Waals surface area contributed by atoms with Crippen LogP contribution in [-0.4, -0.2) is 29.2 Å². The summed E-state index contributed by atoms with van der Waals surface area (Å²) < 4.78 is 10.7. The van der Waals surface area contributed by atoms with Crippen LogP contribution >= 0.6 is 12.2 Å². The average molecular weight is 410 g/mol. The predicted molar refractivity (Wildman–Crippen MR) is 113 cm³/mol. The molecule has 0 fully saturated rings. The minimum Gasteiger partial charge on any atom is -0.496 e. The summed E-state index contributed by atoms with van der Waals surface area (Å²) >= 11 is 5.24. The second kappa shape index (κ2) is 8.57. The standard InChI is InChI=1S/C21H18N2O5S/c1-12-5-3-4-6-14(12)19(24)23-21(29)22-13-7-8-16(27-2)15(11-13)17-9-10-18(28-17)20(25)26/h3-11H,1-2H3,(H,25,26)(H2,22,23,24,29). The smallest absolute Gasteiger partial charge is 0.371 e. The minimum atomic E-state index is -1.16. The number of amides is 1. The lowest BCUT2D eigenvalue weighted by Gasteiger charge is -2.13. The fourth-order valence-electron chi connectivity index (χ4n) is 2.74. The first-order chi connectivity index (χ1) is 13.9. The van der Waals surface area contributed by atoms with Gasteiger partial charge in [-0.2, -0.15) is 0 Å². The van der Waals surface area contributed by atoms with Gasteiger partial charge in [-0.25, -0.2) is 4.79 Å². The molecule has 0 radical (unpaired) electrons. The minimum absolute atomic E-state index is 0.125. The molecule has 3 aromatic rings. The second-order valence-electron chi connectivity index (χ2n) is 6.11. The van der Waals surface area contributed by atoms with Crippen molar-refractivity contribution in [1.29, 1.82) is 0 Å². The third-order valence-electron chi connectivity index (χ3n) is 4.16. The van der Waals surface area contributed by atoms with Gasteiger partial charge < -0.3 is 19.6 Å². The van der Waals surface area contributed by atoms with Crippen LogP contribution < -0.4 is 15.4 Å². The number of carbonyl (C=O) groups is 2. The van der Waals surface area contributed by atoms with Crippen molar-refractivity contribution in [2.24, 2.45) is 0 Å². The molecule has 0 spiro atoms. The van der Waals surface area contributed by atoms with Gasteiger partial charge in [0, 0.05) is 11.3 Å². The van der Waals surface area contributed by atoms with Crippen molar-refractivity contribution >= 4 is 34.9 Å². The van der Waals surface area contributed by atoms with E-state index in [0.29, 0.717) is 28.3 Å². The van der Waals surface area contributed by atoms with E-state index in [1.165, 1.54) is 13.2 Å². The SMILES string of the molecule is COc1ccc(NC(=S)NC(=O)c2ccccc2C)cc1-c1ccc(C(=O)O)o1. The summed E-state index contributed by atoms with van der Waals surface area (Å²) in [7, 11) is 1.50. The van der Waals surface area contributed by atoms with Crippen LogP contribution in [0, 0.1) is 6.92 Å². The van der Waals surface area contributed by atoms with Crippen molar-refractivity contribution in [2.45, 2.75) is 6.92 Å². The van der Waals surface area contributed by atoms with Gasteiger partial charge in [0.1, 0.15) is 11.5 Å². The van der Waals surface area contributed by atoms with E-state index in [9.17, 15) is 9.59 Å². The molecular weight excluding hydrogens is 392 g/mol. The molecule has 0 aliphatic rings. The second-order valence-corrected chi connectivity index (χ2v) is 6.52. The number of aromatic carboxylic acids is 1. The summed E-state index contributed by atoms with van der Waals surface area (Å²) in [6, 6.07) is 15.2. The van der Waals surface area contributed by atoms with E-state index in [0.717, 1.165) is 5.56 Å². The first-order valence-corrected chi connectivity index (χ1v) is 8.99. The van der Waals surface area contributed by atoms with Gasteiger partial charge in [0.05, 0.1) is 12.7 Å². The topological polar surface area (TPSA) is 101 Å². The molecule has 3 N–H and O–H groups in total. The number of carboxylic acids is 1. The van der Waals surface area contributed by atoms with Gasteiger partial charge in [0.25, 0.3) is 5.91 Å². The Labute approximate surface area is 172 Å². The van der Waals surface area contributed by atoms with Gasteiger partial charge in [0.2, 0.25) is 5.76 Å². The first-order valence-electron chi connectivity index (χ1n) is 8.58. The van der Waals surface area contributed by atoms with Crippen LogP contribution in [0.3, 0.4) is 0 Å². The van der Waals surface area contributed by atoms with Crippen LogP contribution in [0.4, 0.5) is 5.69 Å². The summed E-state index contributed by atoms with van der Waals surface area (Å²) in [6.07, 6.45) is 0. The molecule has 8 heteroatoms. The van der Waals surface area contributed by atoms with Crippen LogP contribution in [-0.2, 0) is 0 Å². The Hall–Kier alpha value is -3.65. The predicted octanol–water partition coefficient (Wildman–Crippen LogP) is 4.09.